The second-order valence-corrected chi connectivity index (χ2v) is 35.9. The van der Waals surface area contributed by atoms with Gasteiger partial charge in [0.1, 0.15) is 17.5 Å². The zero-order chi connectivity index (χ0) is 83.8. The summed E-state index contributed by atoms with van der Waals surface area (Å²) in [6, 6.07) is 38.3. The quantitative estimate of drug-likeness (QED) is 0.0296. The van der Waals surface area contributed by atoms with Gasteiger partial charge in [-0.05, 0) is 276 Å². The number of nitrogens with one attached hydrogen (secondary N) is 4. The number of amides is 1. The third kappa shape index (κ3) is 20.4. The average Bonchev–Trinajstić information content (AvgIpc) is 1.64. The molecule has 12 heterocycles. The zero-order valence-corrected chi connectivity index (χ0v) is 72.7. The van der Waals surface area contributed by atoms with Crippen molar-refractivity contribution in [1.82, 2.24) is 59.4 Å². The molecule has 16 rings (SSSR count). The Bertz CT molecular complexity index is 5400. The summed E-state index contributed by atoms with van der Waals surface area (Å²) in [5, 5.41) is 9.89. The standard InChI is InChI=1S/C35H49N5O2.C33H42N6O.C30H35N5O2/c1-34(2)22-25(23-35(3,4)37-34)6-8-32(41)30-20-27(21-31-29(30)10-13-40(31)28-11-18-42-19-12-28)26-7-9-33(36-24-26)39-16-14-38(5)15-17-39;1-6-7-24-16-23(4)17-30(34)29(24)21-36-33(40)28-18-26(19-31-27(28)10-11-39(31)22(2)3)25-8-9-32(35-20-25)38-14-12-37(5)13-15-38;1-4-5-21-16-20(2)33-30(37)24(21)7-8-28(36)26-17-23(18-27-25(26)10-11-31-27)22-6-9-29(32-19-22)35-14-12-34(3)13-15-35/h7,9-10,13,20-21,24-25,28,37H,6,8,11-12,14-19,22-23H2,1-5H3;8-11,16-20,22H,6-7,12-15,21,34H2,1-5H3,(H,36,40);6,9-11,16-19,31H,4-5,7-8,12-15H2,1-3H3,(H,33,37). The van der Waals surface area contributed by atoms with Gasteiger partial charge in [-0.2, -0.15) is 0 Å². The van der Waals surface area contributed by atoms with Gasteiger partial charge in [0.05, 0.1) is 0 Å². The number of nitrogens with two attached hydrogens (primary N) is 1. The van der Waals surface area contributed by atoms with Crippen LogP contribution in [0.1, 0.15) is 190 Å². The van der Waals surface area contributed by atoms with Crippen LogP contribution in [0.25, 0.3) is 66.1 Å². The molecule has 0 aliphatic carbocycles. The van der Waals surface area contributed by atoms with Gasteiger partial charge < -0.3 is 69.6 Å². The summed E-state index contributed by atoms with van der Waals surface area (Å²) < 4.78 is 10.3. The smallest absolute Gasteiger partial charge is 0.252 e. The molecule has 0 unspecified atom stereocenters. The lowest BCUT2D eigenvalue weighted by Crippen LogP contribution is -2.57. The minimum Gasteiger partial charge on any atom is -0.398 e. The van der Waals surface area contributed by atoms with Gasteiger partial charge >= 0.3 is 0 Å². The van der Waals surface area contributed by atoms with Crippen molar-refractivity contribution in [2.24, 2.45) is 5.92 Å². The fourth-order valence-corrected chi connectivity index (χ4v) is 18.9. The number of aromatic amines is 2. The van der Waals surface area contributed by atoms with Crippen molar-refractivity contribution < 1.29 is 19.1 Å². The molecule has 0 atom stereocenters. The van der Waals surface area contributed by atoms with Crippen LogP contribution < -0.4 is 36.6 Å². The fourth-order valence-electron chi connectivity index (χ4n) is 18.9. The lowest BCUT2D eigenvalue weighted by Gasteiger charge is -2.46. The number of piperazine rings is 3. The van der Waals surface area contributed by atoms with Crippen LogP contribution in [-0.4, -0.2) is 190 Å². The maximum atomic E-state index is 14.0. The Morgan fingerprint density at radius 2 is 1.05 bits per heavy atom. The molecule has 1 amide bonds. The van der Waals surface area contributed by atoms with Crippen LogP contribution in [0.3, 0.4) is 0 Å². The second kappa shape index (κ2) is 37.6. The number of hydrogen-bond donors (Lipinski definition) is 5. The number of hydrogen-bond acceptors (Lipinski definition) is 16. The first-order valence-electron chi connectivity index (χ1n) is 43.7. The summed E-state index contributed by atoms with van der Waals surface area (Å²) in [5.74, 6) is 3.75. The SMILES string of the molecule is CCCc1cc(C)[nH]c(=O)c1CCC(=O)c1cc(-c2ccc(N3CCN(C)CC3)nc2)cc2[nH]ccc12.CCCc1cc(C)cc(N)c1CNC(=O)c1cc(-c2ccc(N3CCN(C)CC3)nc2)cc2c1ccn2C(C)C.CN1CCN(c2ccc(-c3cc(C(=O)CCC4CC(C)(C)NC(C)(C)C4)c4ccn(C5CCOCC5)c4c3)cn2)CC1. The van der Waals surface area contributed by atoms with Crippen molar-refractivity contribution in [2.75, 3.05) is 133 Å². The minimum atomic E-state index is -0.0993. The molecule has 5 fully saturated rings. The largest absolute Gasteiger partial charge is 0.398 e. The molecule has 5 aliphatic heterocycles. The van der Waals surface area contributed by atoms with E-state index in [-0.39, 0.29) is 46.6 Å². The van der Waals surface area contributed by atoms with E-state index < -0.39 is 0 Å². The van der Waals surface area contributed by atoms with E-state index in [1.54, 1.807) is 0 Å². The van der Waals surface area contributed by atoms with Gasteiger partial charge in [-0.15, -0.1) is 0 Å². The highest BCUT2D eigenvalue weighted by Crippen LogP contribution is 2.40. The number of nitrogen functional groups attached to an aromatic ring is 1. The third-order valence-electron chi connectivity index (χ3n) is 25.1. The van der Waals surface area contributed by atoms with Gasteiger partial charge in [-0.25, -0.2) is 15.0 Å². The van der Waals surface area contributed by atoms with Crippen LogP contribution in [0, 0.1) is 19.8 Å². The number of pyridine rings is 4. The molecule has 119 heavy (non-hydrogen) atoms. The van der Waals surface area contributed by atoms with E-state index in [9.17, 15) is 19.2 Å². The Kier molecular flexibility index (Phi) is 26.9. The Morgan fingerprint density at radius 1 is 0.555 bits per heavy atom. The number of aromatic nitrogens is 7. The van der Waals surface area contributed by atoms with Crippen molar-refractivity contribution in [3.8, 4) is 33.4 Å². The van der Waals surface area contributed by atoms with Crippen molar-refractivity contribution >= 4 is 73.3 Å². The number of ether oxygens (including phenoxy) is 1. The van der Waals surface area contributed by atoms with Crippen molar-refractivity contribution in [3.63, 3.8) is 0 Å². The Balaban J connectivity index is 0.000000147. The minimum absolute atomic E-state index is 0.0379. The van der Waals surface area contributed by atoms with E-state index >= 15 is 0 Å². The van der Waals surface area contributed by atoms with E-state index in [1.807, 2.05) is 68.1 Å². The molecule has 5 aliphatic rings. The van der Waals surface area contributed by atoms with Gasteiger partial charge in [0.15, 0.2) is 11.6 Å². The molecule has 5 saturated heterocycles. The van der Waals surface area contributed by atoms with E-state index in [1.165, 1.54) is 5.56 Å². The number of rotatable bonds is 23. The molecule has 6 N–H and O–H groups in total. The summed E-state index contributed by atoms with van der Waals surface area (Å²) in [7, 11) is 6.48. The summed E-state index contributed by atoms with van der Waals surface area (Å²) in [6.45, 7) is 35.8. The number of anilines is 4. The summed E-state index contributed by atoms with van der Waals surface area (Å²) in [6.07, 6.45) is 22.1. The second-order valence-electron chi connectivity index (χ2n) is 35.9. The highest BCUT2D eigenvalue weighted by Gasteiger charge is 2.38. The van der Waals surface area contributed by atoms with Gasteiger partial charge in [-0.3, -0.25) is 19.2 Å². The van der Waals surface area contributed by atoms with Gasteiger partial charge in [0, 0.05) is 255 Å². The fraction of sp³-hybridized carbons (Fsp3) is 0.459. The Morgan fingerprint density at radius 3 is 1.58 bits per heavy atom. The number of carbonyl (C=O) groups excluding carboxylic acids is 3. The summed E-state index contributed by atoms with van der Waals surface area (Å²) in [5.41, 5.74) is 24.6. The molecule has 4 aromatic carbocycles. The number of fused-ring (bicyclic) bond motifs is 3. The highest BCUT2D eigenvalue weighted by atomic mass is 16.5. The normalized spacial score (nSPS) is 17.1. The number of carbonyl (C=O) groups is 3. The average molecular weight is 1610 g/mol. The van der Waals surface area contributed by atoms with Crippen LogP contribution in [0.2, 0.25) is 0 Å². The molecule has 21 nitrogen and oxygen atoms in total. The van der Waals surface area contributed by atoms with Crippen molar-refractivity contribution in [2.45, 2.75) is 176 Å². The van der Waals surface area contributed by atoms with E-state index in [0.717, 1.165) is 272 Å². The first kappa shape index (κ1) is 85.1. The van der Waals surface area contributed by atoms with Crippen LogP contribution in [0.5, 0.6) is 0 Å². The van der Waals surface area contributed by atoms with Crippen LogP contribution in [0.15, 0.2) is 151 Å². The van der Waals surface area contributed by atoms with Crippen molar-refractivity contribution in [3.05, 3.63) is 207 Å². The van der Waals surface area contributed by atoms with Crippen molar-refractivity contribution in [1.29, 1.82) is 0 Å². The van der Waals surface area contributed by atoms with Crippen LogP contribution in [0.4, 0.5) is 23.1 Å². The molecule has 21 heteroatoms. The first-order valence-corrected chi connectivity index (χ1v) is 43.7. The monoisotopic (exact) mass is 1610 g/mol. The summed E-state index contributed by atoms with van der Waals surface area (Å²) in [4.78, 5) is 88.5. The topological polar surface area (TPSA) is 227 Å². The lowest BCUT2D eigenvalue weighted by molar-refractivity contribution is 0.0707. The van der Waals surface area contributed by atoms with Crippen LogP contribution in [-0.2, 0) is 30.5 Å². The van der Waals surface area contributed by atoms with E-state index in [2.05, 4.69) is 228 Å². The molecular formula is C98H126N16O5. The summed E-state index contributed by atoms with van der Waals surface area (Å²) >= 11 is 0. The number of nitrogens with zero attached hydrogens (tertiary/aromatic N) is 11. The third-order valence-corrected chi connectivity index (χ3v) is 25.1. The number of piperidine rings is 1. The molecule has 11 aromatic rings. The molecule has 0 spiro atoms. The van der Waals surface area contributed by atoms with Crippen LogP contribution >= 0.6 is 0 Å². The predicted octanol–water partition coefficient (Wildman–Crippen LogP) is 16.9. The number of ketones is 2. The Hall–Kier alpha value is -10.3. The molecule has 628 valence electrons. The number of Topliss-reactive ketones (excluding diaryl/α,β-unsaturated/α-hetero) is 2. The maximum Gasteiger partial charge on any atom is 0.252 e. The lowest BCUT2D eigenvalue weighted by atomic mass is 9.74. The van der Waals surface area contributed by atoms with E-state index in [4.69, 9.17) is 25.4 Å². The Labute approximate surface area is 703 Å². The number of likely N-dealkylation sites (N-methyl/N-ethyl adjacent to an activating group) is 3. The number of benzene rings is 4. The molecule has 0 radical (unpaired) electrons. The van der Waals surface area contributed by atoms with Gasteiger partial charge in [-0.1, -0.05) is 32.8 Å². The van der Waals surface area contributed by atoms with E-state index in [0.29, 0.717) is 42.5 Å². The molecule has 7 aromatic heterocycles. The molecule has 0 saturated carbocycles. The maximum absolute atomic E-state index is 14.0. The highest BCUT2D eigenvalue weighted by molar-refractivity contribution is 6.11. The zero-order valence-electron chi connectivity index (χ0n) is 72.7. The number of aryl methyl sites for hydroxylation is 4. The molecular weight excluding hydrogens is 1480 g/mol. The van der Waals surface area contributed by atoms with Gasteiger partial charge in [0.25, 0.3) is 11.5 Å². The first-order chi connectivity index (χ1) is 57.2. The predicted molar refractivity (Wildman–Crippen MR) is 487 cm³/mol. The van der Waals surface area contributed by atoms with Gasteiger partial charge in [0.2, 0.25) is 0 Å². The number of H-pyrrole nitrogens is 2. The molecule has 0 bridgehead atoms.